The number of carbonyl (C=O) groups is 7. The number of amides is 5. The minimum absolute atomic E-state index is 0.00973. The highest BCUT2D eigenvalue weighted by molar-refractivity contribution is 5.96. The van der Waals surface area contributed by atoms with Crippen LogP contribution in [0.5, 0.6) is 5.75 Å². The van der Waals surface area contributed by atoms with Gasteiger partial charge in [-0.15, -0.1) is 0 Å². The number of carboxylic acid groups (broad SMARTS) is 2. The van der Waals surface area contributed by atoms with Gasteiger partial charge in [0.25, 0.3) is 0 Å². The summed E-state index contributed by atoms with van der Waals surface area (Å²) in [5, 5.41) is 49.2. The molecule has 1 rings (SSSR count). The Morgan fingerprint density at radius 2 is 1.36 bits per heavy atom. The molecule has 0 fully saturated rings. The van der Waals surface area contributed by atoms with Crippen molar-refractivity contribution in [1.29, 1.82) is 0 Å². The lowest BCUT2D eigenvalue weighted by atomic mass is 9.99. The molecule has 0 aliphatic rings. The molecule has 47 heavy (non-hydrogen) atoms. The fourth-order valence-corrected chi connectivity index (χ4v) is 4.28. The summed E-state index contributed by atoms with van der Waals surface area (Å²) < 4.78 is 0. The maximum Gasteiger partial charge on any atom is 0.326 e. The summed E-state index contributed by atoms with van der Waals surface area (Å²) in [6.07, 6.45) is -0.316. The lowest BCUT2D eigenvalue weighted by Crippen LogP contribution is -2.58. The van der Waals surface area contributed by atoms with E-state index in [4.69, 9.17) is 5.73 Å². The van der Waals surface area contributed by atoms with E-state index in [1.807, 2.05) is 0 Å². The minimum atomic E-state index is -1.61. The van der Waals surface area contributed by atoms with E-state index in [0.29, 0.717) is 12.0 Å². The van der Waals surface area contributed by atoms with Crippen LogP contribution in [0.15, 0.2) is 24.3 Å². The molecule has 0 unspecified atom stereocenters. The Morgan fingerprint density at radius 1 is 0.787 bits per heavy atom. The van der Waals surface area contributed by atoms with Crippen LogP contribution in [0, 0.1) is 11.8 Å². The summed E-state index contributed by atoms with van der Waals surface area (Å²) in [6, 6.07) is -0.938. The maximum atomic E-state index is 13.1. The van der Waals surface area contributed by atoms with Crippen molar-refractivity contribution in [3.05, 3.63) is 29.8 Å². The summed E-state index contributed by atoms with van der Waals surface area (Å²) in [7, 11) is 0. The summed E-state index contributed by atoms with van der Waals surface area (Å²) in [5.41, 5.74) is 6.55. The number of nitrogens with one attached hydrogen (secondary N) is 5. The van der Waals surface area contributed by atoms with Crippen LogP contribution in [-0.4, -0.2) is 105 Å². The average molecular weight is 667 g/mol. The van der Waals surface area contributed by atoms with Gasteiger partial charge in [-0.3, -0.25) is 28.8 Å². The molecule has 11 N–H and O–H groups in total. The summed E-state index contributed by atoms with van der Waals surface area (Å²) in [6.45, 7) is 5.27. The number of carbonyl (C=O) groups excluding carboxylic acids is 5. The Balaban J connectivity index is 2.89. The summed E-state index contributed by atoms with van der Waals surface area (Å²) in [4.78, 5) is 86.8. The van der Waals surface area contributed by atoms with Gasteiger partial charge in [0.15, 0.2) is 0 Å². The number of hydrogen-bond acceptors (Lipinski definition) is 10. The first kappa shape index (κ1) is 40.3. The van der Waals surface area contributed by atoms with Gasteiger partial charge in [-0.2, -0.15) is 0 Å². The Morgan fingerprint density at radius 3 is 1.87 bits per heavy atom. The van der Waals surface area contributed by atoms with Crippen LogP contribution in [0.3, 0.4) is 0 Å². The quantitative estimate of drug-likeness (QED) is 0.0720. The van der Waals surface area contributed by atoms with Crippen molar-refractivity contribution in [1.82, 2.24) is 26.6 Å². The molecular weight excluding hydrogens is 620 g/mol. The molecule has 17 nitrogen and oxygen atoms in total. The standard InChI is InChI=1S/C30H46N6O11/c1-5-16(4)25(30(46)47)36-29(45)22(14-37)33-23(39)13-32-27(43)20(10-15(2)3)35-28(44)21(12-24(40)41)34-26(42)19(31)11-17-6-8-18(38)9-7-17/h6-9,15-16,19-22,25,37-38H,5,10-14,31H2,1-4H3,(H,32,43)(H,33,39)(H,34,42)(H,35,44)(H,36,45)(H,40,41)(H,46,47)/t16-,19-,20-,21-,22-,25-/m0/s1. The normalized spacial score (nSPS) is 14.8. The first-order valence-corrected chi connectivity index (χ1v) is 15.1. The van der Waals surface area contributed by atoms with Crippen molar-refractivity contribution in [2.24, 2.45) is 17.6 Å². The Bertz CT molecular complexity index is 1260. The van der Waals surface area contributed by atoms with Crippen LogP contribution in [-0.2, 0) is 40.0 Å². The molecule has 6 atom stereocenters. The highest BCUT2D eigenvalue weighted by atomic mass is 16.4. The van der Waals surface area contributed by atoms with Gasteiger partial charge in [-0.25, -0.2) is 4.79 Å². The largest absolute Gasteiger partial charge is 0.508 e. The maximum absolute atomic E-state index is 13.1. The number of hydrogen-bond donors (Lipinski definition) is 10. The first-order chi connectivity index (χ1) is 22.0. The fraction of sp³-hybridized carbons (Fsp3) is 0.567. The second-order valence-corrected chi connectivity index (χ2v) is 11.6. The lowest BCUT2D eigenvalue weighted by molar-refractivity contribution is -0.144. The Kier molecular flexibility index (Phi) is 16.9. The van der Waals surface area contributed by atoms with Crippen molar-refractivity contribution in [3.63, 3.8) is 0 Å². The molecule has 0 saturated carbocycles. The minimum Gasteiger partial charge on any atom is -0.508 e. The van der Waals surface area contributed by atoms with E-state index in [-0.39, 0.29) is 24.5 Å². The van der Waals surface area contributed by atoms with E-state index >= 15 is 0 Å². The molecule has 0 aliphatic carbocycles. The van der Waals surface area contributed by atoms with Crippen molar-refractivity contribution in [2.75, 3.05) is 13.2 Å². The van der Waals surface area contributed by atoms with Crippen molar-refractivity contribution >= 4 is 41.5 Å². The number of rotatable bonds is 20. The second-order valence-electron chi connectivity index (χ2n) is 11.6. The van der Waals surface area contributed by atoms with Gasteiger partial charge in [0.2, 0.25) is 29.5 Å². The van der Waals surface area contributed by atoms with Gasteiger partial charge in [-0.05, 0) is 42.4 Å². The zero-order valence-corrected chi connectivity index (χ0v) is 26.8. The SMILES string of the molecule is CC[C@H](C)[C@H](NC(=O)[C@H](CO)NC(=O)CNC(=O)[C@H](CC(C)C)NC(=O)[C@H](CC(=O)O)NC(=O)[C@@H](N)Cc1ccc(O)cc1)C(=O)O. The summed E-state index contributed by atoms with van der Waals surface area (Å²) in [5.74, 6) is -7.81. The topological polar surface area (TPSA) is 287 Å². The van der Waals surface area contributed by atoms with Gasteiger partial charge in [0.1, 0.15) is 29.9 Å². The molecule has 0 heterocycles. The van der Waals surface area contributed by atoms with Gasteiger partial charge in [0.05, 0.1) is 25.6 Å². The van der Waals surface area contributed by atoms with Gasteiger partial charge >= 0.3 is 11.9 Å². The molecule has 0 spiro atoms. The number of aromatic hydroxyl groups is 1. The van der Waals surface area contributed by atoms with Gasteiger partial charge in [0, 0.05) is 0 Å². The van der Waals surface area contributed by atoms with Crippen LogP contribution >= 0.6 is 0 Å². The molecule has 17 heteroatoms. The Labute approximate surface area is 272 Å². The van der Waals surface area contributed by atoms with Crippen LogP contribution in [0.25, 0.3) is 0 Å². The van der Waals surface area contributed by atoms with E-state index in [0.717, 1.165) is 0 Å². The molecule has 0 saturated heterocycles. The summed E-state index contributed by atoms with van der Waals surface area (Å²) >= 11 is 0. The third-order valence-electron chi connectivity index (χ3n) is 7.11. The van der Waals surface area contributed by atoms with Crippen LogP contribution in [0.4, 0.5) is 0 Å². The molecule has 0 aromatic heterocycles. The number of aliphatic hydroxyl groups is 1. The number of aliphatic hydroxyl groups excluding tert-OH is 1. The molecule has 5 amide bonds. The van der Waals surface area contributed by atoms with Crippen molar-refractivity contribution < 1.29 is 54.0 Å². The van der Waals surface area contributed by atoms with Crippen LogP contribution in [0.1, 0.15) is 52.5 Å². The number of phenols is 1. The molecular formula is C30H46N6O11. The molecule has 1 aromatic rings. The third-order valence-corrected chi connectivity index (χ3v) is 7.11. The number of aliphatic carboxylic acids is 2. The molecule has 0 aliphatic heterocycles. The molecule has 1 aromatic carbocycles. The van der Waals surface area contributed by atoms with Crippen molar-refractivity contribution in [3.8, 4) is 5.75 Å². The number of carboxylic acids is 2. The second kappa shape index (κ2) is 19.7. The fourth-order valence-electron chi connectivity index (χ4n) is 4.28. The monoisotopic (exact) mass is 666 g/mol. The van der Waals surface area contributed by atoms with E-state index in [9.17, 15) is 54.0 Å². The molecule has 0 radical (unpaired) electrons. The van der Waals surface area contributed by atoms with E-state index < -0.39 is 97.2 Å². The Hall–Kier alpha value is -4.77. The van der Waals surface area contributed by atoms with E-state index in [1.165, 1.54) is 12.1 Å². The zero-order valence-electron chi connectivity index (χ0n) is 26.8. The van der Waals surface area contributed by atoms with E-state index in [2.05, 4.69) is 26.6 Å². The number of nitrogens with two attached hydrogens (primary N) is 1. The zero-order chi connectivity index (χ0) is 35.8. The molecule has 262 valence electrons. The van der Waals surface area contributed by atoms with Crippen LogP contribution < -0.4 is 32.3 Å². The van der Waals surface area contributed by atoms with Gasteiger partial charge < -0.3 is 52.7 Å². The van der Waals surface area contributed by atoms with Crippen LogP contribution in [0.2, 0.25) is 0 Å². The average Bonchev–Trinajstić information content (AvgIpc) is 3.00. The number of benzene rings is 1. The first-order valence-electron chi connectivity index (χ1n) is 15.1. The highest BCUT2D eigenvalue weighted by Crippen LogP contribution is 2.12. The third kappa shape index (κ3) is 14.5. The lowest BCUT2D eigenvalue weighted by Gasteiger charge is -2.25. The van der Waals surface area contributed by atoms with Crippen molar-refractivity contribution in [2.45, 2.75) is 83.6 Å². The number of phenolic OH excluding ortho intramolecular Hbond substituents is 1. The van der Waals surface area contributed by atoms with E-state index in [1.54, 1.807) is 39.8 Å². The highest BCUT2D eigenvalue weighted by Gasteiger charge is 2.32. The predicted octanol–water partition coefficient (Wildman–Crippen LogP) is -2.04. The molecule has 0 bridgehead atoms. The van der Waals surface area contributed by atoms with Gasteiger partial charge in [-0.1, -0.05) is 46.2 Å². The predicted molar refractivity (Wildman–Crippen MR) is 166 cm³/mol. The smallest absolute Gasteiger partial charge is 0.326 e.